The number of carboxylic acid groups (broad SMARTS) is 1. The Kier molecular flexibility index (Phi) is 4.42. The van der Waals surface area contributed by atoms with Crippen LogP contribution in [0.2, 0.25) is 0 Å². The first-order chi connectivity index (χ1) is 6.72. The lowest BCUT2D eigenvalue weighted by Crippen LogP contribution is -2.38. The van der Waals surface area contributed by atoms with Crippen LogP contribution in [0.25, 0.3) is 0 Å². The number of nitrogens with one attached hydrogen (secondary N) is 2. The third-order valence-electron chi connectivity index (χ3n) is 2.15. The van der Waals surface area contributed by atoms with E-state index in [0.29, 0.717) is 13.0 Å². The number of carbonyl (C=O) groups is 1. The molecule has 80 valence electrons. The van der Waals surface area contributed by atoms with Crippen LogP contribution in [-0.2, 0) is 4.79 Å². The molecule has 2 atom stereocenters. The second-order valence-electron chi connectivity index (χ2n) is 3.27. The van der Waals surface area contributed by atoms with Crippen molar-refractivity contribution in [2.24, 2.45) is 0 Å². The fourth-order valence-electron chi connectivity index (χ4n) is 1.36. The molecule has 0 spiro atoms. The lowest BCUT2D eigenvalue weighted by molar-refractivity contribution is -0.141. The van der Waals surface area contributed by atoms with Crippen LogP contribution in [0.1, 0.15) is 12.8 Å². The molecule has 0 amide bonds. The van der Waals surface area contributed by atoms with Gasteiger partial charge in [-0.05, 0) is 25.6 Å². The Morgan fingerprint density at radius 3 is 2.43 bits per heavy atom. The third kappa shape index (κ3) is 3.35. The quantitative estimate of drug-likeness (QED) is 0.449. The van der Waals surface area contributed by atoms with Gasteiger partial charge in [-0.3, -0.25) is 4.79 Å². The molecule has 0 bridgehead atoms. The molecule has 5 heteroatoms. The standard InChI is InChI=1S/C5H9NO3.C4H7N/c7-3-1-2-6-4(3)5(8)9;1-2-4-5-3-1/h3-4,6-7H,1-2H2,(H,8,9);1,3,5H,2,4H2/t3?,4-;/m0./s1. The van der Waals surface area contributed by atoms with Crippen molar-refractivity contribution in [3.05, 3.63) is 12.3 Å². The van der Waals surface area contributed by atoms with E-state index in [2.05, 4.69) is 16.7 Å². The Balaban J connectivity index is 0.000000165. The van der Waals surface area contributed by atoms with Crippen molar-refractivity contribution in [1.82, 2.24) is 10.6 Å². The highest BCUT2D eigenvalue weighted by atomic mass is 16.4. The molecule has 1 saturated heterocycles. The van der Waals surface area contributed by atoms with Crippen molar-refractivity contribution in [1.29, 1.82) is 0 Å². The highest BCUT2D eigenvalue weighted by Crippen LogP contribution is 2.05. The molecule has 0 saturated carbocycles. The molecule has 0 radical (unpaired) electrons. The van der Waals surface area contributed by atoms with Gasteiger partial charge in [-0.25, -0.2) is 0 Å². The summed E-state index contributed by atoms with van der Waals surface area (Å²) in [4.78, 5) is 10.2. The summed E-state index contributed by atoms with van der Waals surface area (Å²) in [5.74, 6) is -0.972. The molecule has 1 unspecified atom stereocenters. The molecule has 0 aromatic rings. The molecule has 4 N–H and O–H groups in total. The summed E-state index contributed by atoms with van der Waals surface area (Å²) in [5, 5.41) is 23.0. The Hall–Kier alpha value is -1.07. The summed E-state index contributed by atoms with van der Waals surface area (Å²) < 4.78 is 0. The molecule has 0 aromatic carbocycles. The van der Waals surface area contributed by atoms with Gasteiger partial charge in [-0.1, -0.05) is 6.08 Å². The number of aliphatic hydroxyl groups is 1. The number of carboxylic acids is 1. The summed E-state index contributed by atoms with van der Waals surface area (Å²) in [6, 6.07) is -0.745. The molecule has 0 aliphatic carbocycles. The first-order valence-corrected chi connectivity index (χ1v) is 4.74. The van der Waals surface area contributed by atoms with Gasteiger partial charge in [0, 0.05) is 6.54 Å². The van der Waals surface area contributed by atoms with Gasteiger partial charge in [0.25, 0.3) is 0 Å². The van der Waals surface area contributed by atoms with E-state index in [4.69, 9.17) is 10.2 Å². The van der Waals surface area contributed by atoms with Crippen LogP contribution >= 0.6 is 0 Å². The maximum Gasteiger partial charge on any atom is 0.323 e. The summed E-state index contributed by atoms with van der Waals surface area (Å²) in [6.07, 6.45) is 5.15. The van der Waals surface area contributed by atoms with Crippen molar-refractivity contribution in [3.8, 4) is 0 Å². The average molecular weight is 200 g/mol. The first-order valence-electron chi connectivity index (χ1n) is 4.74. The third-order valence-corrected chi connectivity index (χ3v) is 2.15. The summed E-state index contributed by atoms with van der Waals surface area (Å²) >= 11 is 0. The van der Waals surface area contributed by atoms with Gasteiger partial charge in [0.1, 0.15) is 6.04 Å². The molecule has 2 heterocycles. The zero-order valence-electron chi connectivity index (χ0n) is 7.94. The van der Waals surface area contributed by atoms with Crippen LogP contribution in [0.3, 0.4) is 0 Å². The van der Waals surface area contributed by atoms with E-state index in [0.717, 1.165) is 6.54 Å². The predicted molar refractivity (Wildman–Crippen MR) is 51.8 cm³/mol. The van der Waals surface area contributed by atoms with Gasteiger partial charge in [-0.15, -0.1) is 0 Å². The van der Waals surface area contributed by atoms with E-state index in [9.17, 15) is 4.79 Å². The van der Waals surface area contributed by atoms with Gasteiger partial charge >= 0.3 is 5.97 Å². The molecule has 14 heavy (non-hydrogen) atoms. The number of hydrogen-bond donors (Lipinski definition) is 4. The predicted octanol–water partition coefficient (Wildman–Crippen LogP) is -0.713. The fraction of sp³-hybridized carbons (Fsp3) is 0.667. The Bertz CT molecular complexity index is 212. The molecule has 0 aromatic heterocycles. The molecule has 5 nitrogen and oxygen atoms in total. The van der Waals surface area contributed by atoms with Crippen molar-refractivity contribution in [3.63, 3.8) is 0 Å². The maximum absolute atomic E-state index is 10.2. The van der Waals surface area contributed by atoms with Gasteiger partial charge in [0.05, 0.1) is 6.10 Å². The largest absolute Gasteiger partial charge is 0.480 e. The van der Waals surface area contributed by atoms with E-state index >= 15 is 0 Å². The van der Waals surface area contributed by atoms with Gasteiger partial charge in [-0.2, -0.15) is 0 Å². The Labute approximate surface area is 82.8 Å². The van der Waals surface area contributed by atoms with Crippen molar-refractivity contribution in [2.45, 2.75) is 25.0 Å². The van der Waals surface area contributed by atoms with Gasteiger partial charge in [0.15, 0.2) is 0 Å². The Morgan fingerprint density at radius 2 is 2.21 bits per heavy atom. The van der Waals surface area contributed by atoms with Crippen LogP contribution in [0.15, 0.2) is 12.3 Å². The monoisotopic (exact) mass is 200 g/mol. The SMILES string of the molecule is C1=CNCC1.O=C(O)[C@H]1NCCC1O. The minimum Gasteiger partial charge on any atom is -0.480 e. The Morgan fingerprint density at radius 1 is 1.43 bits per heavy atom. The normalized spacial score (nSPS) is 29.2. The van der Waals surface area contributed by atoms with E-state index in [1.54, 1.807) is 0 Å². The minimum atomic E-state index is -0.972. The average Bonchev–Trinajstić information content (AvgIpc) is 2.74. The summed E-state index contributed by atoms with van der Waals surface area (Å²) in [5.41, 5.74) is 0. The molecule has 2 aliphatic rings. The summed E-state index contributed by atoms with van der Waals surface area (Å²) in [6.45, 7) is 1.73. The summed E-state index contributed by atoms with van der Waals surface area (Å²) in [7, 11) is 0. The van der Waals surface area contributed by atoms with Gasteiger partial charge in [0.2, 0.25) is 0 Å². The molecular formula is C9H16N2O3. The lowest BCUT2D eigenvalue weighted by atomic mass is 10.2. The zero-order valence-corrected chi connectivity index (χ0v) is 7.94. The van der Waals surface area contributed by atoms with E-state index in [-0.39, 0.29) is 0 Å². The van der Waals surface area contributed by atoms with Crippen LogP contribution in [0.4, 0.5) is 0 Å². The molecule has 2 rings (SSSR count). The number of rotatable bonds is 1. The smallest absolute Gasteiger partial charge is 0.323 e. The van der Waals surface area contributed by atoms with Crippen molar-refractivity contribution < 1.29 is 15.0 Å². The van der Waals surface area contributed by atoms with Crippen molar-refractivity contribution in [2.75, 3.05) is 13.1 Å². The molecule has 2 aliphatic heterocycles. The topological polar surface area (TPSA) is 81.6 Å². The number of hydrogen-bond acceptors (Lipinski definition) is 4. The van der Waals surface area contributed by atoms with Gasteiger partial charge < -0.3 is 20.8 Å². The van der Waals surface area contributed by atoms with Crippen LogP contribution in [0, 0.1) is 0 Å². The fourth-order valence-corrected chi connectivity index (χ4v) is 1.36. The minimum absolute atomic E-state index is 0.539. The van der Waals surface area contributed by atoms with Crippen LogP contribution in [-0.4, -0.2) is 41.4 Å². The second-order valence-corrected chi connectivity index (χ2v) is 3.27. The maximum atomic E-state index is 10.2. The highest BCUT2D eigenvalue weighted by molar-refractivity contribution is 5.74. The number of aliphatic hydroxyl groups excluding tert-OH is 1. The second kappa shape index (κ2) is 5.62. The zero-order chi connectivity index (χ0) is 10.4. The molecule has 1 fully saturated rings. The van der Waals surface area contributed by atoms with E-state index in [1.165, 1.54) is 6.42 Å². The highest BCUT2D eigenvalue weighted by Gasteiger charge is 2.30. The van der Waals surface area contributed by atoms with E-state index in [1.807, 2.05) is 6.20 Å². The number of aliphatic carboxylic acids is 1. The van der Waals surface area contributed by atoms with Crippen LogP contribution < -0.4 is 10.6 Å². The first kappa shape index (κ1) is 11.0. The van der Waals surface area contributed by atoms with E-state index < -0.39 is 18.1 Å². The van der Waals surface area contributed by atoms with Crippen molar-refractivity contribution >= 4 is 5.97 Å². The lowest BCUT2D eigenvalue weighted by Gasteiger charge is -2.06. The van der Waals surface area contributed by atoms with Crippen LogP contribution in [0.5, 0.6) is 0 Å². The molecular weight excluding hydrogens is 184 g/mol.